The van der Waals surface area contributed by atoms with E-state index in [4.69, 9.17) is 4.74 Å². The molecule has 0 unspecified atom stereocenters. The molecule has 2 amide bonds. The van der Waals surface area contributed by atoms with Crippen LogP contribution in [0.25, 0.3) is 0 Å². The Morgan fingerprint density at radius 3 is 2.85 bits per heavy atom. The van der Waals surface area contributed by atoms with E-state index < -0.39 is 0 Å². The van der Waals surface area contributed by atoms with E-state index in [0.717, 1.165) is 50.4 Å². The van der Waals surface area contributed by atoms with Crippen LogP contribution in [0.1, 0.15) is 29.2 Å². The standard InChI is InChI=1S/C21H26N4O2/c26-21(24-19-7-6-16-3-1-4-17(16)13-19)23-15-20(18-5-2-8-22-14-18)25-9-11-27-12-10-25/h2,5-8,13-14,20H,1,3-4,9-12,15H2,(H2,23,24,26)/t20-/m0/s1. The van der Waals surface area contributed by atoms with E-state index in [0.29, 0.717) is 6.54 Å². The molecular formula is C21H26N4O2. The molecule has 0 spiro atoms. The molecule has 4 rings (SSSR count). The summed E-state index contributed by atoms with van der Waals surface area (Å²) in [6.07, 6.45) is 7.10. The number of aryl methyl sites for hydroxylation is 2. The molecule has 6 nitrogen and oxygen atoms in total. The summed E-state index contributed by atoms with van der Waals surface area (Å²) in [5.41, 5.74) is 4.73. The first-order valence-electron chi connectivity index (χ1n) is 9.68. The average molecular weight is 366 g/mol. The fraction of sp³-hybridized carbons (Fsp3) is 0.429. The summed E-state index contributed by atoms with van der Waals surface area (Å²) < 4.78 is 5.47. The van der Waals surface area contributed by atoms with Gasteiger partial charge >= 0.3 is 6.03 Å². The third kappa shape index (κ3) is 4.46. The maximum Gasteiger partial charge on any atom is 0.319 e. The van der Waals surface area contributed by atoms with Gasteiger partial charge in [-0.2, -0.15) is 0 Å². The van der Waals surface area contributed by atoms with Crippen molar-refractivity contribution in [2.75, 3.05) is 38.2 Å². The topological polar surface area (TPSA) is 66.5 Å². The summed E-state index contributed by atoms with van der Waals surface area (Å²) in [7, 11) is 0. The predicted octanol–water partition coefficient (Wildman–Crippen LogP) is 2.77. The van der Waals surface area contributed by atoms with Crippen LogP contribution >= 0.6 is 0 Å². The SMILES string of the molecule is O=C(NC[C@@H](c1cccnc1)N1CCOCC1)Nc1ccc2c(c1)CCC2. The smallest absolute Gasteiger partial charge is 0.319 e. The second-order valence-electron chi connectivity index (χ2n) is 7.12. The van der Waals surface area contributed by atoms with Gasteiger partial charge in [-0.05, 0) is 54.2 Å². The Balaban J connectivity index is 1.38. The number of rotatable bonds is 5. The number of anilines is 1. The third-order valence-corrected chi connectivity index (χ3v) is 5.37. The molecule has 2 N–H and O–H groups in total. The number of urea groups is 1. The highest BCUT2D eigenvalue weighted by Gasteiger charge is 2.23. The number of carbonyl (C=O) groups is 1. The third-order valence-electron chi connectivity index (χ3n) is 5.37. The summed E-state index contributed by atoms with van der Waals surface area (Å²) in [5, 5.41) is 6.01. The molecule has 1 atom stereocenters. The molecule has 1 aliphatic carbocycles. The van der Waals surface area contributed by atoms with Crippen molar-refractivity contribution in [2.24, 2.45) is 0 Å². The first kappa shape index (κ1) is 17.9. The van der Waals surface area contributed by atoms with E-state index in [1.165, 1.54) is 17.5 Å². The molecule has 27 heavy (non-hydrogen) atoms. The van der Waals surface area contributed by atoms with Crippen molar-refractivity contribution in [3.8, 4) is 0 Å². The van der Waals surface area contributed by atoms with Crippen molar-refractivity contribution in [2.45, 2.75) is 25.3 Å². The Labute approximate surface area is 159 Å². The molecule has 1 aromatic carbocycles. The number of morpholine rings is 1. The lowest BCUT2D eigenvalue weighted by Gasteiger charge is -2.34. The number of ether oxygens (including phenoxy) is 1. The normalized spacial score (nSPS) is 17.9. The number of aromatic nitrogens is 1. The Morgan fingerprint density at radius 2 is 2.04 bits per heavy atom. The number of nitrogens with zero attached hydrogens (tertiary/aromatic N) is 2. The van der Waals surface area contributed by atoms with Crippen LogP contribution < -0.4 is 10.6 Å². The van der Waals surface area contributed by atoms with Crippen LogP contribution in [0, 0.1) is 0 Å². The minimum absolute atomic E-state index is 0.0911. The molecule has 1 fully saturated rings. The fourth-order valence-corrected chi connectivity index (χ4v) is 3.93. The minimum Gasteiger partial charge on any atom is -0.379 e. The quantitative estimate of drug-likeness (QED) is 0.854. The largest absolute Gasteiger partial charge is 0.379 e. The van der Waals surface area contributed by atoms with Crippen molar-refractivity contribution in [1.29, 1.82) is 0 Å². The van der Waals surface area contributed by atoms with E-state index in [1.54, 1.807) is 6.20 Å². The van der Waals surface area contributed by atoms with Gasteiger partial charge in [0.25, 0.3) is 0 Å². The highest BCUT2D eigenvalue weighted by atomic mass is 16.5. The number of hydrogen-bond acceptors (Lipinski definition) is 4. The van der Waals surface area contributed by atoms with Gasteiger partial charge < -0.3 is 15.4 Å². The molecule has 0 saturated carbocycles. The van der Waals surface area contributed by atoms with Gasteiger partial charge in [0.15, 0.2) is 0 Å². The second-order valence-corrected chi connectivity index (χ2v) is 7.12. The van der Waals surface area contributed by atoms with Crippen molar-refractivity contribution in [3.63, 3.8) is 0 Å². The molecular weight excluding hydrogens is 340 g/mol. The van der Waals surface area contributed by atoms with Crippen LogP contribution in [0.15, 0.2) is 42.7 Å². The maximum absolute atomic E-state index is 12.5. The number of pyridine rings is 1. The zero-order chi connectivity index (χ0) is 18.5. The Bertz CT molecular complexity index is 775. The minimum atomic E-state index is -0.171. The first-order chi connectivity index (χ1) is 13.3. The zero-order valence-corrected chi connectivity index (χ0v) is 15.5. The lowest BCUT2D eigenvalue weighted by Crippen LogP contribution is -2.44. The summed E-state index contributed by atoms with van der Waals surface area (Å²) in [5.74, 6) is 0. The van der Waals surface area contributed by atoms with Crippen molar-refractivity contribution in [3.05, 3.63) is 59.4 Å². The summed E-state index contributed by atoms with van der Waals surface area (Å²) in [4.78, 5) is 19.0. The van der Waals surface area contributed by atoms with E-state index in [9.17, 15) is 4.79 Å². The molecule has 1 saturated heterocycles. The lowest BCUT2D eigenvalue weighted by atomic mass is 10.1. The number of fused-ring (bicyclic) bond motifs is 1. The van der Waals surface area contributed by atoms with E-state index in [1.807, 2.05) is 18.3 Å². The number of hydrogen-bond donors (Lipinski definition) is 2. The van der Waals surface area contributed by atoms with E-state index in [-0.39, 0.29) is 12.1 Å². The fourth-order valence-electron chi connectivity index (χ4n) is 3.93. The second kappa shape index (κ2) is 8.50. The van der Waals surface area contributed by atoms with Gasteiger partial charge in [0.1, 0.15) is 0 Å². The molecule has 0 radical (unpaired) electrons. The van der Waals surface area contributed by atoms with Crippen LogP contribution in [0.5, 0.6) is 0 Å². The number of benzene rings is 1. The molecule has 2 aromatic rings. The van der Waals surface area contributed by atoms with Gasteiger partial charge in [-0.25, -0.2) is 4.79 Å². The summed E-state index contributed by atoms with van der Waals surface area (Å²) in [6, 6.07) is 10.1. The van der Waals surface area contributed by atoms with Crippen LogP contribution in [0.2, 0.25) is 0 Å². The zero-order valence-electron chi connectivity index (χ0n) is 15.5. The lowest BCUT2D eigenvalue weighted by molar-refractivity contribution is 0.0167. The van der Waals surface area contributed by atoms with Crippen molar-refractivity contribution in [1.82, 2.24) is 15.2 Å². The molecule has 1 aromatic heterocycles. The van der Waals surface area contributed by atoms with Crippen LogP contribution in [0.4, 0.5) is 10.5 Å². The molecule has 142 valence electrons. The maximum atomic E-state index is 12.5. The van der Waals surface area contributed by atoms with Crippen LogP contribution in [0.3, 0.4) is 0 Å². The monoisotopic (exact) mass is 366 g/mol. The molecule has 2 aliphatic rings. The van der Waals surface area contributed by atoms with Crippen molar-refractivity contribution < 1.29 is 9.53 Å². The van der Waals surface area contributed by atoms with Crippen molar-refractivity contribution >= 4 is 11.7 Å². The van der Waals surface area contributed by atoms with Gasteiger partial charge in [0, 0.05) is 37.7 Å². The highest BCUT2D eigenvalue weighted by molar-refractivity contribution is 5.89. The highest BCUT2D eigenvalue weighted by Crippen LogP contribution is 2.25. The molecule has 6 heteroatoms. The summed E-state index contributed by atoms with van der Waals surface area (Å²) >= 11 is 0. The van der Waals surface area contributed by atoms with Crippen LogP contribution in [-0.4, -0.2) is 48.8 Å². The van der Waals surface area contributed by atoms with Gasteiger partial charge in [0.05, 0.1) is 19.3 Å². The van der Waals surface area contributed by atoms with E-state index in [2.05, 4.69) is 38.7 Å². The van der Waals surface area contributed by atoms with Gasteiger partial charge in [-0.3, -0.25) is 9.88 Å². The van der Waals surface area contributed by atoms with Gasteiger partial charge in [-0.1, -0.05) is 12.1 Å². The Kier molecular flexibility index (Phi) is 5.65. The van der Waals surface area contributed by atoms with E-state index >= 15 is 0 Å². The number of nitrogens with one attached hydrogen (secondary N) is 2. The number of carbonyl (C=O) groups excluding carboxylic acids is 1. The Morgan fingerprint density at radius 1 is 1.19 bits per heavy atom. The number of amides is 2. The predicted molar refractivity (Wildman–Crippen MR) is 105 cm³/mol. The molecule has 1 aliphatic heterocycles. The molecule has 0 bridgehead atoms. The van der Waals surface area contributed by atoms with Gasteiger partial charge in [-0.15, -0.1) is 0 Å². The Hall–Kier alpha value is -2.44. The molecule has 2 heterocycles. The summed E-state index contributed by atoms with van der Waals surface area (Å²) in [6.45, 7) is 3.68. The van der Waals surface area contributed by atoms with Crippen LogP contribution in [-0.2, 0) is 17.6 Å². The van der Waals surface area contributed by atoms with Gasteiger partial charge in [0.2, 0.25) is 0 Å². The first-order valence-corrected chi connectivity index (χ1v) is 9.68. The average Bonchev–Trinajstić information content (AvgIpc) is 3.18.